The summed E-state index contributed by atoms with van der Waals surface area (Å²) in [6, 6.07) is 23.1. The zero-order valence-corrected chi connectivity index (χ0v) is 19.2. The summed E-state index contributed by atoms with van der Waals surface area (Å²) in [7, 11) is -3.99. The number of para-hydroxylation sites is 1. The van der Waals surface area contributed by atoms with Crippen molar-refractivity contribution in [2.24, 2.45) is 5.41 Å². The van der Waals surface area contributed by atoms with Crippen LogP contribution in [0.3, 0.4) is 0 Å². The predicted molar refractivity (Wildman–Crippen MR) is 124 cm³/mol. The van der Waals surface area contributed by atoms with Gasteiger partial charge in [-0.25, -0.2) is 4.79 Å². The van der Waals surface area contributed by atoms with E-state index in [4.69, 9.17) is 13.7 Å². The molecule has 0 aliphatic carbocycles. The summed E-state index contributed by atoms with van der Waals surface area (Å²) in [6.45, 7) is 2.03. The van der Waals surface area contributed by atoms with E-state index in [0.29, 0.717) is 24.2 Å². The number of rotatable bonds is 6. The molecule has 0 aromatic heterocycles. The van der Waals surface area contributed by atoms with Crippen LogP contribution in [0.2, 0.25) is 0 Å². The summed E-state index contributed by atoms with van der Waals surface area (Å²) in [6.07, 6.45) is 0.900. The SMILES string of the molecule is Cc1ccc(S(=O)(=O)OC[C@@]2(Cc3ccccc3)CCOc3ccccc3C(=O)OC2)cc1. The first-order valence-electron chi connectivity index (χ1n) is 10.8. The van der Waals surface area contributed by atoms with Crippen molar-refractivity contribution in [3.05, 3.63) is 95.6 Å². The molecule has 3 aromatic rings. The van der Waals surface area contributed by atoms with E-state index in [1.54, 1.807) is 36.4 Å². The fraction of sp³-hybridized carbons (Fsp3) is 0.269. The van der Waals surface area contributed by atoms with Gasteiger partial charge in [-0.15, -0.1) is 0 Å². The van der Waals surface area contributed by atoms with Gasteiger partial charge in [0.1, 0.15) is 11.3 Å². The third kappa shape index (κ3) is 5.61. The number of carbonyl (C=O) groups is 1. The van der Waals surface area contributed by atoms with Gasteiger partial charge in [0.2, 0.25) is 0 Å². The number of hydrogen-bond acceptors (Lipinski definition) is 6. The Labute approximate surface area is 194 Å². The van der Waals surface area contributed by atoms with E-state index in [9.17, 15) is 13.2 Å². The van der Waals surface area contributed by atoms with Gasteiger partial charge in [0.15, 0.2) is 0 Å². The second kappa shape index (κ2) is 9.77. The molecule has 0 saturated heterocycles. The molecule has 1 aliphatic rings. The van der Waals surface area contributed by atoms with E-state index in [0.717, 1.165) is 11.1 Å². The topological polar surface area (TPSA) is 78.9 Å². The lowest BCUT2D eigenvalue weighted by atomic mass is 9.80. The molecule has 0 unspecified atom stereocenters. The summed E-state index contributed by atoms with van der Waals surface area (Å²) in [4.78, 5) is 12.8. The molecule has 0 bridgehead atoms. The van der Waals surface area contributed by atoms with Crippen molar-refractivity contribution in [1.29, 1.82) is 0 Å². The summed E-state index contributed by atoms with van der Waals surface area (Å²) in [5.41, 5.74) is 1.49. The van der Waals surface area contributed by atoms with E-state index in [2.05, 4.69) is 0 Å². The molecule has 7 heteroatoms. The summed E-state index contributed by atoms with van der Waals surface area (Å²) >= 11 is 0. The first-order valence-corrected chi connectivity index (χ1v) is 12.2. The van der Waals surface area contributed by atoms with Gasteiger partial charge in [0, 0.05) is 5.41 Å². The lowest BCUT2D eigenvalue weighted by Crippen LogP contribution is -2.37. The molecule has 0 spiro atoms. The summed E-state index contributed by atoms with van der Waals surface area (Å²) < 4.78 is 42.9. The highest BCUT2D eigenvalue weighted by Crippen LogP contribution is 2.33. The van der Waals surface area contributed by atoms with Crippen LogP contribution in [0.5, 0.6) is 5.75 Å². The van der Waals surface area contributed by atoms with Gasteiger partial charge in [0.25, 0.3) is 10.1 Å². The number of aryl methyl sites for hydroxylation is 1. The minimum atomic E-state index is -3.99. The minimum absolute atomic E-state index is 0.00183. The highest BCUT2D eigenvalue weighted by molar-refractivity contribution is 7.86. The number of carbonyl (C=O) groups excluding carboxylic acids is 1. The number of fused-ring (bicyclic) bond motifs is 1. The zero-order valence-electron chi connectivity index (χ0n) is 18.4. The molecule has 33 heavy (non-hydrogen) atoms. The van der Waals surface area contributed by atoms with E-state index >= 15 is 0 Å². The molecule has 0 amide bonds. The standard InChI is InChI=1S/C26H26O6S/c1-20-11-13-22(14-12-20)33(28,29)32-19-26(17-21-7-3-2-4-8-21)15-16-30-24-10-6-5-9-23(24)25(27)31-18-26/h2-14H,15-19H2,1H3/t26-/m1/s1. The summed E-state index contributed by atoms with van der Waals surface area (Å²) in [5, 5.41) is 0. The fourth-order valence-electron chi connectivity index (χ4n) is 3.82. The van der Waals surface area contributed by atoms with E-state index in [1.807, 2.05) is 37.3 Å². The van der Waals surface area contributed by atoms with Crippen molar-refractivity contribution in [3.8, 4) is 5.75 Å². The van der Waals surface area contributed by atoms with Gasteiger partial charge in [-0.1, -0.05) is 60.2 Å². The maximum Gasteiger partial charge on any atom is 0.341 e. The van der Waals surface area contributed by atoms with Crippen molar-refractivity contribution in [3.63, 3.8) is 0 Å². The third-order valence-electron chi connectivity index (χ3n) is 5.76. The molecule has 1 heterocycles. The molecule has 0 radical (unpaired) electrons. The fourth-order valence-corrected chi connectivity index (χ4v) is 4.83. The van der Waals surface area contributed by atoms with Gasteiger partial charge >= 0.3 is 5.97 Å². The monoisotopic (exact) mass is 466 g/mol. The second-order valence-corrected chi connectivity index (χ2v) is 9.98. The lowest BCUT2D eigenvalue weighted by molar-refractivity contribution is 0.0102. The van der Waals surface area contributed by atoms with Gasteiger partial charge in [-0.2, -0.15) is 8.42 Å². The number of ether oxygens (including phenoxy) is 2. The van der Waals surface area contributed by atoms with Gasteiger partial charge in [-0.05, 0) is 49.6 Å². The average molecular weight is 467 g/mol. The molecular formula is C26H26O6S. The normalized spacial score (nSPS) is 18.8. The van der Waals surface area contributed by atoms with Crippen LogP contribution in [0.15, 0.2) is 83.8 Å². The molecule has 172 valence electrons. The molecule has 0 fully saturated rings. The van der Waals surface area contributed by atoms with Gasteiger partial charge < -0.3 is 9.47 Å². The Balaban J connectivity index is 1.61. The third-order valence-corrected chi connectivity index (χ3v) is 7.04. The van der Waals surface area contributed by atoms with Crippen LogP contribution in [-0.4, -0.2) is 34.2 Å². The Morgan fingerprint density at radius 3 is 2.36 bits per heavy atom. The molecule has 0 saturated carbocycles. The molecule has 3 aromatic carbocycles. The van der Waals surface area contributed by atoms with Crippen LogP contribution in [0.4, 0.5) is 0 Å². The molecule has 6 nitrogen and oxygen atoms in total. The van der Waals surface area contributed by atoms with E-state index in [1.165, 1.54) is 12.1 Å². The predicted octanol–water partition coefficient (Wildman–Crippen LogP) is 4.57. The van der Waals surface area contributed by atoms with E-state index in [-0.39, 0.29) is 24.7 Å². The average Bonchev–Trinajstić information content (AvgIpc) is 2.88. The zero-order chi connectivity index (χ0) is 23.3. The Morgan fingerprint density at radius 1 is 0.909 bits per heavy atom. The quantitative estimate of drug-likeness (QED) is 0.391. The first-order chi connectivity index (χ1) is 15.9. The largest absolute Gasteiger partial charge is 0.493 e. The van der Waals surface area contributed by atoms with Crippen LogP contribution in [-0.2, 0) is 25.5 Å². The van der Waals surface area contributed by atoms with Crippen molar-refractivity contribution >= 4 is 16.1 Å². The molecule has 0 N–H and O–H groups in total. The maximum absolute atomic E-state index is 12.9. The molecule has 1 atom stereocenters. The van der Waals surface area contributed by atoms with Crippen molar-refractivity contribution in [1.82, 2.24) is 0 Å². The summed E-state index contributed by atoms with van der Waals surface area (Å²) in [5.74, 6) is -0.0578. The van der Waals surface area contributed by atoms with Crippen molar-refractivity contribution in [2.45, 2.75) is 24.7 Å². The Morgan fingerprint density at radius 2 is 1.61 bits per heavy atom. The molecule has 1 aliphatic heterocycles. The smallest absolute Gasteiger partial charge is 0.341 e. The Bertz CT molecular complexity index is 1210. The Hall–Kier alpha value is -3.16. The van der Waals surface area contributed by atoms with Crippen LogP contribution >= 0.6 is 0 Å². The lowest BCUT2D eigenvalue weighted by Gasteiger charge is -2.32. The maximum atomic E-state index is 12.9. The van der Waals surface area contributed by atoms with Crippen LogP contribution in [0.25, 0.3) is 0 Å². The van der Waals surface area contributed by atoms with Gasteiger partial charge in [0.05, 0.1) is 24.7 Å². The van der Waals surface area contributed by atoms with E-state index < -0.39 is 21.5 Å². The van der Waals surface area contributed by atoms with Crippen molar-refractivity contribution < 1.29 is 26.9 Å². The van der Waals surface area contributed by atoms with Crippen LogP contribution in [0.1, 0.15) is 27.9 Å². The van der Waals surface area contributed by atoms with Crippen LogP contribution < -0.4 is 4.74 Å². The number of esters is 1. The van der Waals surface area contributed by atoms with Crippen LogP contribution in [0, 0.1) is 12.3 Å². The minimum Gasteiger partial charge on any atom is -0.493 e. The highest BCUT2D eigenvalue weighted by Gasteiger charge is 2.36. The Kier molecular flexibility index (Phi) is 6.81. The molecule has 4 rings (SSSR count). The first kappa shape index (κ1) is 23.0. The number of cyclic esters (lactones) is 1. The number of benzene rings is 3. The molecular weight excluding hydrogens is 440 g/mol. The van der Waals surface area contributed by atoms with Gasteiger partial charge in [-0.3, -0.25) is 4.18 Å². The second-order valence-electron chi connectivity index (χ2n) is 8.36. The highest BCUT2D eigenvalue weighted by atomic mass is 32.2. The van der Waals surface area contributed by atoms with Crippen molar-refractivity contribution in [2.75, 3.05) is 19.8 Å². The number of hydrogen-bond donors (Lipinski definition) is 0.